The molecule has 1 amide bonds. The first-order valence-corrected chi connectivity index (χ1v) is 7.26. The fourth-order valence-electron chi connectivity index (χ4n) is 2.89. The summed E-state index contributed by atoms with van der Waals surface area (Å²) in [6.45, 7) is 4.44. The van der Waals surface area contributed by atoms with E-state index in [2.05, 4.69) is 5.32 Å². The Morgan fingerprint density at radius 2 is 2.09 bits per heavy atom. The third-order valence-electron chi connectivity index (χ3n) is 3.99. The Kier molecular flexibility index (Phi) is 4.71. The van der Waals surface area contributed by atoms with E-state index in [1.54, 1.807) is 7.05 Å². The van der Waals surface area contributed by atoms with Crippen LogP contribution in [0, 0.1) is 13.8 Å². The molecule has 2 rings (SSSR count). The van der Waals surface area contributed by atoms with Gasteiger partial charge in [-0.2, -0.15) is 0 Å². The maximum absolute atomic E-state index is 12.8. The average molecular weight is 305 g/mol. The number of hydrogen-bond donors (Lipinski definition) is 1. The Hall–Kier alpha value is -2.08. The molecule has 1 atom stereocenters. The van der Waals surface area contributed by atoms with Crippen molar-refractivity contribution in [2.45, 2.75) is 19.9 Å². The van der Waals surface area contributed by atoms with Gasteiger partial charge in [-0.05, 0) is 38.1 Å². The highest BCUT2D eigenvalue weighted by Gasteiger charge is 2.34. The molecule has 22 heavy (non-hydrogen) atoms. The summed E-state index contributed by atoms with van der Waals surface area (Å²) in [4.78, 5) is 28.1. The van der Waals surface area contributed by atoms with Crippen LogP contribution in [0.5, 0.6) is 0 Å². The van der Waals surface area contributed by atoms with Gasteiger partial charge in [0.1, 0.15) is 12.6 Å². The molecule has 0 saturated heterocycles. The number of benzene rings is 1. The van der Waals surface area contributed by atoms with Gasteiger partial charge in [-0.25, -0.2) is 0 Å². The molecule has 6 heteroatoms. The van der Waals surface area contributed by atoms with E-state index >= 15 is 0 Å². The summed E-state index contributed by atoms with van der Waals surface area (Å²) in [5.41, 5.74) is 3.82. The number of likely N-dealkylation sites (N-methyl/N-ethyl adjacent to an activating group) is 2. The fraction of sp³-hybridized carbons (Fsp3) is 0.500. The molecule has 1 aliphatic rings. The maximum atomic E-state index is 12.8. The van der Waals surface area contributed by atoms with E-state index in [0.717, 1.165) is 22.5 Å². The number of ether oxygens (including phenoxy) is 1. The number of nitrogens with zero attached hydrogens (tertiary/aromatic N) is 2. The Labute approximate surface area is 131 Å². The van der Waals surface area contributed by atoms with Gasteiger partial charge in [-0.3, -0.25) is 14.5 Å². The van der Waals surface area contributed by atoms with Crippen LogP contribution >= 0.6 is 0 Å². The summed E-state index contributed by atoms with van der Waals surface area (Å²) < 4.78 is 4.75. The predicted octanol–water partition coefficient (Wildman–Crippen LogP) is 0.847. The monoisotopic (exact) mass is 305 g/mol. The van der Waals surface area contributed by atoms with Gasteiger partial charge < -0.3 is 15.0 Å². The third kappa shape index (κ3) is 2.92. The summed E-state index contributed by atoms with van der Waals surface area (Å²) >= 11 is 0. The van der Waals surface area contributed by atoms with Crippen molar-refractivity contribution in [3.8, 4) is 0 Å². The number of esters is 1. The highest BCUT2D eigenvalue weighted by Crippen LogP contribution is 2.36. The lowest BCUT2D eigenvalue weighted by molar-refractivity contribution is -0.140. The van der Waals surface area contributed by atoms with Crippen LogP contribution in [0.15, 0.2) is 12.1 Å². The SMILES string of the molecule is CN[C@H]1CN(C)c2cc(C)cc(C)c2N(CC(=O)OC)C1=O. The summed E-state index contributed by atoms with van der Waals surface area (Å²) in [5.74, 6) is -0.552. The van der Waals surface area contributed by atoms with Crippen LogP contribution in [0.25, 0.3) is 0 Å². The van der Waals surface area contributed by atoms with Crippen molar-refractivity contribution in [1.82, 2.24) is 5.32 Å². The predicted molar refractivity (Wildman–Crippen MR) is 86.4 cm³/mol. The molecule has 0 fully saturated rings. The first kappa shape index (κ1) is 16.3. The van der Waals surface area contributed by atoms with Crippen LogP contribution in [-0.4, -0.2) is 52.2 Å². The van der Waals surface area contributed by atoms with E-state index in [9.17, 15) is 9.59 Å². The standard InChI is InChI=1S/C16H23N3O3/c1-10-6-11(2)15-13(7-10)18(4)8-12(17-3)16(21)19(15)9-14(20)22-5/h6-7,12,17H,8-9H2,1-5H3/t12-/m0/s1. The van der Waals surface area contributed by atoms with E-state index in [1.807, 2.05) is 37.9 Å². The second kappa shape index (κ2) is 6.36. The average Bonchev–Trinajstić information content (AvgIpc) is 2.57. The molecule has 1 N–H and O–H groups in total. The number of nitrogens with one attached hydrogen (secondary N) is 1. The number of carbonyl (C=O) groups is 2. The van der Waals surface area contributed by atoms with Crippen molar-refractivity contribution < 1.29 is 14.3 Å². The molecule has 120 valence electrons. The Balaban J connectivity index is 2.59. The molecule has 0 radical (unpaired) electrons. The topological polar surface area (TPSA) is 61.9 Å². The molecular formula is C16H23N3O3. The van der Waals surface area contributed by atoms with Crippen LogP contribution in [0.1, 0.15) is 11.1 Å². The molecule has 1 heterocycles. The molecule has 0 bridgehead atoms. The Morgan fingerprint density at radius 1 is 1.41 bits per heavy atom. The van der Waals surface area contributed by atoms with Crippen molar-refractivity contribution >= 4 is 23.3 Å². The van der Waals surface area contributed by atoms with Gasteiger partial charge in [0.2, 0.25) is 5.91 Å². The van der Waals surface area contributed by atoms with Gasteiger partial charge in [0.15, 0.2) is 0 Å². The summed E-state index contributed by atoms with van der Waals surface area (Å²) in [7, 11) is 5.03. The van der Waals surface area contributed by atoms with Gasteiger partial charge in [0.25, 0.3) is 0 Å². The zero-order valence-corrected chi connectivity index (χ0v) is 13.8. The molecule has 1 aromatic carbocycles. The highest BCUT2D eigenvalue weighted by molar-refractivity contribution is 6.05. The van der Waals surface area contributed by atoms with Gasteiger partial charge in [0, 0.05) is 13.6 Å². The van der Waals surface area contributed by atoms with Crippen molar-refractivity contribution in [2.75, 3.05) is 44.1 Å². The van der Waals surface area contributed by atoms with E-state index in [1.165, 1.54) is 12.0 Å². The van der Waals surface area contributed by atoms with Crippen LogP contribution in [0.2, 0.25) is 0 Å². The van der Waals surface area contributed by atoms with Crippen molar-refractivity contribution in [2.24, 2.45) is 0 Å². The highest BCUT2D eigenvalue weighted by atomic mass is 16.5. The van der Waals surface area contributed by atoms with Crippen molar-refractivity contribution in [1.29, 1.82) is 0 Å². The first-order valence-electron chi connectivity index (χ1n) is 7.26. The number of methoxy groups -OCH3 is 1. The molecule has 0 saturated carbocycles. The zero-order valence-electron chi connectivity index (χ0n) is 13.8. The smallest absolute Gasteiger partial charge is 0.325 e. The normalized spacial score (nSPS) is 18.0. The number of amides is 1. The van der Waals surface area contributed by atoms with Crippen LogP contribution in [-0.2, 0) is 14.3 Å². The van der Waals surface area contributed by atoms with E-state index in [4.69, 9.17) is 4.74 Å². The van der Waals surface area contributed by atoms with Crippen molar-refractivity contribution in [3.05, 3.63) is 23.3 Å². The van der Waals surface area contributed by atoms with Gasteiger partial charge >= 0.3 is 5.97 Å². The molecular weight excluding hydrogens is 282 g/mol. The number of anilines is 2. The number of carbonyl (C=O) groups excluding carboxylic acids is 2. The third-order valence-corrected chi connectivity index (χ3v) is 3.99. The van der Waals surface area contributed by atoms with E-state index in [-0.39, 0.29) is 18.5 Å². The molecule has 0 aromatic heterocycles. The largest absolute Gasteiger partial charge is 0.468 e. The number of fused-ring (bicyclic) bond motifs is 1. The lowest BCUT2D eigenvalue weighted by atomic mass is 10.1. The van der Waals surface area contributed by atoms with Crippen LogP contribution in [0.3, 0.4) is 0 Å². The molecule has 1 aliphatic heterocycles. The van der Waals surface area contributed by atoms with E-state index < -0.39 is 5.97 Å². The quantitative estimate of drug-likeness (QED) is 0.839. The minimum absolute atomic E-state index is 0.0851. The minimum Gasteiger partial charge on any atom is -0.468 e. The number of rotatable bonds is 3. The van der Waals surface area contributed by atoms with Crippen LogP contribution < -0.4 is 15.1 Å². The fourth-order valence-corrected chi connectivity index (χ4v) is 2.89. The number of aryl methyl sites for hydroxylation is 2. The zero-order chi connectivity index (χ0) is 16.4. The van der Waals surface area contributed by atoms with E-state index in [0.29, 0.717) is 6.54 Å². The molecule has 1 aromatic rings. The molecule has 6 nitrogen and oxygen atoms in total. The Morgan fingerprint density at radius 3 is 2.68 bits per heavy atom. The first-order chi connectivity index (χ1) is 10.4. The lowest BCUT2D eigenvalue weighted by Crippen LogP contribution is -2.49. The Bertz CT molecular complexity index is 601. The second-order valence-electron chi connectivity index (χ2n) is 5.67. The second-order valence-corrected chi connectivity index (χ2v) is 5.67. The maximum Gasteiger partial charge on any atom is 0.325 e. The lowest BCUT2D eigenvalue weighted by Gasteiger charge is -2.26. The summed E-state index contributed by atoms with van der Waals surface area (Å²) in [6.07, 6.45) is 0. The minimum atomic E-state index is -0.432. The van der Waals surface area contributed by atoms with Gasteiger partial charge in [0.05, 0.1) is 18.5 Å². The summed E-state index contributed by atoms with van der Waals surface area (Å²) in [6, 6.07) is 3.68. The van der Waals surface area contributed by atoms with Crippen molar-refractivity contribution in [3.63, 3.8) is 0 Å². The van der Waals surface area contributed by atoms with Gasteiger partial charge in [-0.1, -0.05) is 6.07 Å². The molecule has 0 unspecified atom stereocenters. The number of hydrogen-bond acceptors (Lipinski definition) is 5. The van der Waals surface area contributed by atoms with Gasteiger partial charge in [-0.15, -0.1) is 0 Å². The molecule has 0 spiro atoms. The van der Waals surface area contributed by atoms with Crippen LogP contribution in [0.4, 0.5) is 11.4 Å². The molecule has 0 aliphatic carbocycles. The summed E-state index contributed by atoms with van der Waals surface area (Å²) in [5, 5.41) is 3.03.